The van der Waals surface area contributed by atoms with E-state index in [2.05, 4.69) is 18.0 Å². The summed E-state index contributed by atoms with van der Waals surface area (Å²) in [5.41, 5.74) is 0.986. The molecule has 0 spiro atoms. The van der Waals surface area contributed by atoms with Crippen molar-refractivity contribution in [3.8, 4) is 0 Å². The van der Waals surface area contributed by atoms with Gasteiger partial charge < -0.3 is 10.1 Å². The number of nitrogens with one attached hydrogen (secondary N) is 1. The van der Waals surface area contributed by atoms with Crippen molar-refractivity contribution in [2.45, 2.75) is 6.04 Å². The molecule has 2 aromatic carbocycles. The van der Waals surface area contributed by atoms with E-state index in [-0.39, 0.29) is 6.04 Å². The summed E-state index contributed by atoms with van der Waals surface area (Å²) in [5, 5.41) is 5.04. The van der Waals surface area contributed by atoms with E-state index in [1.165, 1.54) is 5.39 Å². The first-order chi connectivity index (χ1) is 8.24. The standard InChI is InChI=1S/C14H11NO2/c1-9-13(15-14(16)17-9)12-7-6-10-4-2-3-5-11(10)8-12/h2-8,13H,1H2,(H,15,16). The Morgan fingerprint density at radius 2 is 1.88 bits per heavy atom. The van der Waals surface area contributed by atoms with Gasteiger partial charge in [0.25, 0.3) is 0 Å². The number of fused-ring (bicyclic) bond motifs is 1. The van der Waals surface area contributed by atoms with Crippen molar-refractivity contribution in [3.63, 3.8) is 0 Å². The van der Waals surface area contributed by atoms with Gasteiger partial charge in [0.2, 0.25) is 0 Å². The summed E-state index contributed by atoms with van der Waals surface area (Å²) < 4.78 is 4.90. The second-order valence-electron chi connectivity index (χ2n) is 4.04. The van der Waals surface area contributed by atoms with Gasteiger partial charge in [0, 0.05) is 0 Å². The highest BCUT2D eigenvalue weighted by atomic mass is 16.6. The van der Waals surface area contributed by atoms with Crippen molar-refractivity contribution in [3.05, 3.63) is 60.4 Å². The molecule has 0 aliphatic carbocycles. The molecule has 0 radical (unpaired) electrons. The van der Waals surface area contributed by atoms with Gasteiger partial charge >= 0.3 is 6.09 Å². The number of benzene rings is 2. The summed E-state index contributed by atoms with van der Waals surface area (Å²) in [6, 6.07) is 13.9. The molecule has 2 aromatic rings. The smallest absolute Gasteiger partial charge is 0.413 e. The molecular weight excluding hydrogens is 214 g/mol. The second kappa shape index (κ2) is 3.63. The molecule has 3 heteroatoms. The van der Waals surface area contributed by atoms with E-state index < -0.39 is 6.09 Å². The fourth-order valence-electron chi connectivity index (χ4n) is 2.06. The Morgan fingerprint density at radius 1 is 1.12 bits per heavy atom. The van der Waals surface area contributed by atoms with Crippen molar-refractivity contribution in [2.24, 2.45) is 0 Å². The zero-order valence-electron chi connectivity index (χ0n) is 9.14. The first kappa shape index (κ1) is 9.90. The summed E-state index contributed by atoms with van der Waals surface area (Å²) in [5.74, 6) is 0.449. The highest BCUT2D eigenvalue weighted by molar-refractivity contribution is 5.83. The first-order valence-electron chi connectivity index (χ1n) is 5.40. The summed E-state index contributed by atoms with van der Waals surface area (Å²) in [6.45, 7) is 3.74. The third-order valence-electron chi connectivity index (χ3n) is 2.91. The molecule has 3 rings (SSSR count). The maximum Gasteiger partial charge on any atom is 0.413 e. The number of ether oxygens (including phenoxy) is 1. The maximum atomic E-state index is 11.1. The molecule has 1 atom stereocenters. The van der Waals surface area contributed by atoms with Crippen LogP contribution in [0.1, 0.15) is 11.6 Å². The fourth-order valence-corrected chi connectivity index (χ4v) is 2.06. The number of cyclic esters (lactones) is 1. The van der Waals surface area contributed by atoms with Crippen LogP contribution in [0.25, 0.3) is 10.8 Å². The minimum atomic E-state index is -0.437. The molecule has 1 saturated heterocycles. The molecule has 1 aliphatic heterocycles. The average molecular weight is 225 g/mol. The number of carbonyl (C=O) groups excluding carboxylic acids is 1. The molecule has 84 valence electrons. The van der Waals surface area contributed by atoms with Crippen LogP contribution < -0.4 is 5.32 Å². The highest BCUT2D eigenvalue weighted by Gasteiger charge is 2.28. The molecule has 1 unspecified atom stereocenters. The van der Waals surface area contributed by atoms with E-state index in [1.54, 1.807) is 0 Å². The third kappa shape index (κ3) is 1.65. The topological polar surface area (TPSA) is 38.3 Å². The fraction of sp³-hybridized carbons (Fsp3) is 0.0714. The quantitative estimate of drug-likeness (QED) is 0.809. The van der Waals surface area contributed by atoms with Crippen LogP contribution in [0.4, 0.5) is 4.79 Å². The Kier molecular flexibility index (Phi) is 2.11. The van der Waals surface area contributed by atoms with Crippen molar-refractivity contribution in [2.75, 3.05) is 0 Å². The lowest BCUT2D eigenvalue weighted by atomic mass is 10.0. The Labute approximate surface area is 98.7 Å². The van der Waals surface area contributed by atoms with Gasteiger partial charge in [-0.3, -0.25) is 0 Å². The van der Waals surface area contributed by atoms with E-state index in [0.717, 1.165) is 10.9 Å². The molecule has 0 bridgehead atoms. The Balaban J connectivity index is 2.06. The molecule has 1 N–H and O–H groups in total. The van der Waals surface area contributed by atoms with Crippen LogP contribution >= 0.6 is 0 Å². The van der Waals surface area contributed by atoms with Crippen LogP contribution in [0.5, 0.6) is 0 Å². The molecule has 3 nitrogen and oxygen atoms in total. The van der Waals surface area contributed by atoms with Gasteiger partial charge in [0.05, 0.1) is 0 Å². The van der Waals surface area contributed by atoms with Gasteiger partial charge in [-0.2, -0.15) is 0 Å². The number of carbonyl (C=O) groups is 1. The van der Waals surface area contributed by atoms with Crippen molar-refractivity contribution < 1.29 is 9.53 Å². The number of rotatable bonds is 1. The van der Waals surface area contributed by atoms with E-state index in [1.807, 2.05) is 36.4 Å². The minimum Gasteiger partial charge on any atom is -0.413 e. The summed E-state index contributed by atoms with van der Waals surface area (Å²) >= 11 is 0. The SMILES string of the molecule is C=C1OC(=O)NC1c1ccc2ccccc2c1. The summed E-state index contributed by atoms with van der Waals surface area (Å²) in [6.07, 6.45) is -0.437. The molecule has 0 saturated carbocycles. The average Bonchev–Trinajstić information content (AvgIpc) is 2.68. The van der Waals surface area contributed by atoms with Crippen molar-refractivity contribution >= 4 is 16.9 Å². The first-order valence-corrected chi connectivity index (χ1v) is 5.40. The van der Waals surface area contributed by atoms with Gasteiger partial charge in [-0.25, -0.2) is 4.79 Å². The Bertz CT molecular complexity index is 618. The number of hydrogen-bond acceptors (Lipinski definition) is 2. The Morgan fingerprint density at radius 3 is 2.59 bits per heavy atom. The van der Waals surface area contributed by atoms with E-state index in [4.69, 9.17) is 4.74 Å². The van der Waals surface area contributed by atoms with Crippen LogP contribution in [0, 0.1) is 0 Å². The van der Waals surface area contributed by atoms with Crippen LogP contribution in [0.2, 0.25) is 0 Å². The van der Waals surface area contributed by atoms with Crippen LogP contribution in [-0.2, 0) is 4.74 Å². The minimum absolute atomic E-state index is 0.243. The highest BCUT2D eigenvalue weighted by Crippen LogP contribution is 2.28. The van der Waals surface area contributed by atoms with Crippen molar-refractivity contribution in [1.29, 1.82) is 0 Å². The lowest BCUT2D eigenvalue weighted by Gasteiger charge is -2.09. The third-order valence-corrected chi connectivity index (χ3v) is 2.91. The Hall–Kier alpha value is -2.29. The molecule has 1 aliphatic rings. The number of amides is 1. The number of alkyl carbamates (subject to hydrolysis) is 1. The van der Waals surface area contributed by atoms with Gasteiger partial charge in [0.1, 0.15) is 11.8 Å². The van der Waals surface area contributed by atoms with Gasteiger partial charge in [-0.15, -0.1) is 0 Å². The van der Waals surface area contributed by atoms with Crippen LogP contribution in [0.15, 0.2) is 54.8 Å². The number of hydrogen-bond donors (Lipinski definition) is 1. The van der Waals surface area contributed by atoms with Crippen LogP contribution in [-0.4, -0.2) is 6.09 Å². The van der Waals surface area contributed by atoms with E-state index in [9.17, 15) is 4.79 Å². The normalized spacial score (nSPS) is 19.2. The van der Waals surface area contributed by atoms with Crippen molar-refractivity contribution in [1.82, 2.24) is 5.32 Å². The maximum absolute atomic E-state index is 11.1. The summed E-state index contributed by atoms with van der Waals surface area (Å²) in [7, 11) is 0. The molecule has 0 aromatic heterocycles. The zero-order chi connectivity index (χ0) is 11.8. The van der Waals surface area contributed by atoms with Gasteiger partial charge in [0.15, 0.2) is 0 Å². The monoisotopic (exact) mass is 225 g/mol. The lowest BCUT2D eigenvalue weighted by Crippen LogP contribution is -2.17. The largest absolute Gasteiger partial charge is 0.413 e. The zero-order valence-corrected chi connectivity index (χ0v) is 9.14. The van der Waals surface area contributed by atoms with Crippen LogP contribution in [0.3, 0.4) is 0 Å². The van der Waals surface area contributed by atoms with E-state index >= 15 is 0 Å². The molecule has 1 heterocycles. The van der Waals surface area contributed by atoms with E-state index in [0.29, 0.717) is 5.76 Å². The van der Waals surface area contributed by atoms with Gasteiger partial charge in [-0.05, 0) is 22.4 Å². The predicted octanol–water partition coefficient (Wildman–Crippen LogP) is 3.13. The van der Waals surface area contributed by atoms with Gasteiger partial charge in [-0.1, -0.05) is 43.0 Å². The molecule has 17 heavy (non-hydrogen) atoms. The molecular formula is C14H11NO2. The predicted molar refractivity (Wildman–Crippen MR) is 65.4 cm³/mol. The second-order valence-corrected chi connectivity index (χ2v) is 4.04. The lowest BCUT2D eigenvalue weighted by molar-refractivity contribution is 0.195. The summed E-state index contributed by atoms with van der Waals surface area (Å²) in [4.78, 5) is 11.1. The molecule has 1 fully saturated rings. The molecule has 1 amide bonds.